The van der Waals surface area contributed by atoms with Crippen molar-refractivity contribution in [2.24, 2.45) is 0 Å². The molecule has 0 fully saturated rings. The van der Waals surface area contributed by atoms with Gasteiger partial charge in [0.15, 0.2) is 0 Å². The highest BCUT2D eigenvalue weighted by molar-refractivity contribution is 5.90. The predicted octanol–water partition coefficient (Wildman–Crippen LogP) is 4.66. The first kappa shape index (κ1) is 21.4. The Morgan fingerprint density at radius 2 is 1.83 bits per heavy atom. The second-order valence-electron chi connectivity index (χ2n) is 6.98. The number of carboxylic acid groups (broad SMARTS) is 1. The molecule has 0 radical (unpaired) electrons. The number of benzene rings is 2. The fourth-order valence-electron chi connectivity index (χ4n) is 3.09. The summed E-state index contributed by atoms with van der Waals surface area (Å²) in [5.74, 6) is 0.685. The van der Waals surface area contributed by atoms with E-state index in [9.17, 15) is 4.79 Å². The van der Waals surface area contributed by atoms with E-state index >= 15 is 0 Å². The van der Waals surface area contributed by atoms with Gasteiger partial charge in [-0.15, -0.1) is 0 Å². The van der Waals surface area contributed by atoms with Crippen LogP contribution in [0.15, 0.2) is 48.5 Å². The van der Waals surface area contributed by atoms with Crippen LogP contribution in [0.1, 0.15) is 37.7 Å². The quantitative estimate of drug-likeness (QED) is 0.420. The first-order valence-corrected chi connectivity index (χ1v) is 10.1. The number of ether oxygens (including phenoxy) is 2. The number of methoxy groups -OCH3 is 1. The largest absolute Gasteiger partial charge is 0.497 e. The van der Waals surface area contributed by atoms with Crippen LogP contribution in [0.4, 0.5) is 5.82 Å². The molecule has 1 aromatic heterocycles. The molecule has 7 nitrogen and oxygen atoms in total. The molecule has 1 heterocycles. The molecule has 0 spiro atoms. The molecule has 158 valence electrons. The van der Waals surface area contributed by atoms with Crippen LogP contribution < -0.4 is 14.8 Å². The van der Waals surface area contributed by atoms with Gasteiger partial charge < -0.3 is 19.9 Å². The average molecular weight is 409 g/mol. The van der Waals surface area contributed by atoms with Gasteiger partial charge in [0.25, 0.3) is 0 Å². The smallest absolute Gasteiger partial charge is 0.318 e. The van der Waals surface area contributed by atoms with Crippen LogP contribution in [-0.4, -0.2) is 34.8 Å². The van der Waals surface area contributed by atoms with Crippen LogP contribution >= 0.6 is 0 Å². The molecule has 7 heteroatoms. The number of hydrogen-bond acceptors (Lipinski definition) is 6. The zero-order chi connectivity index (χ0) is 21.2. The molecule has 3 aromatic rings. The zero-order valence-electron chi connectivity index (χ0n) is 17.1. The number of unbranched alkanes of at least 4 members (excludes halogenated alkanes) is 3. The lowest BCUT2D eigenvalue weighted by molar-refractivity contribution is -0.137. The third-order valence-corrected chi connectivity index (χ3v) is 4.70. The fourth-order valence-corrected chi connectivity index (χ4v) is 3.09. The summed E-state index contributed by atoms with van der Waals surface area (Å²) in [7, 11) is 1.62. The number of anilines is 1. The second kappa shape index (κ2) is 11.0. The van der Waals surface area contributed by atoms with Crippen molar-refractivity contribution in [2.75, 3.05) is 19.0 Å². The number of aromatic nitrogens is 2. The first-order valence-electron chi connectivity index (χ1n) is 10.1. The Kier molecular flexibility index (Phi) is 7.83. The highest BCUT2D eigenvalue weighted by Crippen LogP contribution is 2.27. The molecule has 0 aliphatic rings. The Morgan fingerprint density at radius 3 is 2.60 bits per heavy atom. The summed E-state index contributed by atoms with van der Waals surface area (Å²) in [6, 6.07) is 16.1. The van der Waals surface area contributed by atoms with Gasteiger partial charge in [0, 0.05) is 24.4 Å². The molecule has 0 saturated heterocycles. The SMILES string of the molecule is COc1ccc2c(NCc3ccccc3)nc(OCCCCCCC(=O)O)nc2c1. The molecule has 0 aliphatic heterocycles. The number of aliphatic carboxylic acids is 1. The van der Waals surface area contributed by atoms with Crippen LogP contribution in [0.25, 0.3) is 10.9 Å². The van der Waals surface area contributed by atoms with Gasteiger partial charge in [-0.25, -0.2) is 0 Å². The van der Waals surface area contributed by atoms with Crippen molar-refractivity contribution in [3.8, 4) is 11.8 Å². The highest BCUT2D eigenvalue weighted by Gasteiger charge is 2.10. The number of hydrogen-bond donors (Lipinski definition) is 2. The van der Waals surface area contributed by atoms with Crippen LogP contribution in [0.3, 0.4) is 0 Å². The molecule has 30 heavy (non-hydrogen) atoms. The van der Waals surface area contributed by atoms with E-state index in [1.807, 2.05) is 36.4 Å². The summed E-state index contributed by atoms with van der Waals surface area (Å²) in [6.07, 6.45) is 3.51. The van der Waals surface area contributed by atoms with Crippen molar-refractivity contribution in [3.05, 3.63) is 54.1 Å². The van der Waals surface area contributed by atoms with E-state index in [4.69, 9.17) is 14.6 Å². The Balaban J connectivity index is 1.66. The van der Waals surface area contributed by atoms with Gasteiger partial charge in [-0.05, 0) is 30.5 Å². The number of carboxylic acids is 1. The lowest BCUT2D eigenvalue weighted by Gasteiger charge is -2.12. The standard InChI is InChI=1S/C23H27N3O4/c1-29-18-12-13-19-20(15-18)25-23(30-14-8-3-2-7-11-21(27)28)26-22(19)24-16-17-9-5-4-6-10-17/h4-6,9-10,12-13,15H,2-3,7-8,11,14,16H2,1H3,(H,27,28)(H,24,25,26). The van der Waals surface area contributed by atoms with Crippen molar-refractivity contribution in [1.29, 1.82) is 0 Å². The van der Waals surface area contributed by atoms with Crippen molar-refractivity contribution in [1.82, 2.24) is 9.97 Å². The van der Waals surface area contributed by atoms with Gasteiger partial charge in [0.1, 0.15) is 11.6 Å². The Bertz CT molecular complexity index is 963. The van der Waals surface area contributed by atoms with E-state index in [-0.39, 0.29) is 6.42 Å². The summed E-state index contributed by atoms with van der Waals surface area (Å²) in [6.45, 7) is 1.13. The van der Waals surface area contributed by atoms with Gasteiger partial charge in [-0.3, -0.25) is 4.79 Å². The zero-order valence-corrected chi connectivity index (χ0v) is 17.1. The van der Waals surface area contributed by atoms with E-state index in [1.165, 1.54) is 0 Å². The van der Waals surface area contributed by atoms with Crippen molar-refractivity contribution < 1.29 is 19.4 Å². The average Bonchev–Trinajstić information content (AvgIpc) is 2.76. The normalized spacial score (nSPS) is 10.7. The van der Waals surface area contributed by atoms with E-state index in [1.54, 1.807) is 7.11 Å². The van der Waals surface area contributed by atoms with Gasteiger partial charge in [-0.1, -0.05) is 43.2 Å². The van der Waals surface area contributed by atoms with Crippen LogP contribution in [0.2, 0.25) is 0 Å². The predicted molar refractivity (Wildman–Crippen MR) is 116 cm³/mol. The molecule has 0 saturated carbocycles. The third-order valence-electron chi connectivity index (χ3n) is 4.70. The minimum absolute atomic E-state index is 0.215. The van der Waals surface area contributed by atoms with E-state index in [2.05, 4.69) is 27.4 Å². The highest BCUT2D eigenvalue weighted by atomic mass is 16.5. The molecule has 2 N–H and O–H groups in total. The van der Waals surface area contributed by atoms with Crippen LogP contribution in [-0.2, 0) is 11.3 Å². The molecule has 0 bridgehead atoms. The monoisotopic (exact) mass is 409 g/mol. The topological polar surface area (TPSA) is 93.6 Å². The third kappa shape index (κ3) is 6.34. The summed E-state index contributed by atoms with van der Waals surface area (Å²) < 4.78 is 11.1. The molecule has 0 aliphatic carbocycles. The Hall–Kier alpha value is -3.35. The molecule has 2 aromatic carbocycles. The van der Waals surface area contributed by atoms with Gasteiger partial charge >= 0.3 is 12.0 Å². The Morgan fingerprint density at radius 1 is 1.03 bits per heavy atom. The lowest BCUT2D eigenvalue weighted by atomic mass is 10.1. The van der Waals surface area contributed by atoms with E-state index in [0.717, 1.165) is 41.5 Å². The number of carbonyl (C=O) groups is 1. The van der Waals surface area contributed by atoms with Gasteiger partial charge in [0.05, 0.1) is 19.2 Å². The molecule has 0 unspecified atom stereocenters. The van der Waals surface area contributed by atoms with Crippen LogP contribution in [0.5, 0.6) is 11.8 Å². The summed E-state index contributed by atoms with van der Waals surface area (Å²) in [4.78, 5) is 19.6. The lowest BCUT2D eigenvalue weighted by Crippen LogP contribution is -2.07. The Labute approximate surface area is 176 Å². The molecular formula is C23H27N3O4. The van der Waals surface area contributed by atoms with Gasteiger partial charge in [0.2, 0.25) is 0 Å². The summed E-state index contributed by atoms with van der Waals surface area (Å²) in [5, 5.41) is 13.0. The number of rotatable bonds is 12. The summed E-state index contributed by atoms with van der Waals surface area (Å²) >= 11 is 0. The summed E-state index contributed by atoms with van der Waals surface area (Å²) in [5.41, 5.74) is 1.90. The molecule has 0 atom stereocenters. The molecule has 0 amide bonds. The van der Waals surface area contributed by atoms with Crippen molar-refractivity contribution >= 4 is 22.7 Å². The van der Waals surface area contributed by atoms with E-state index < -0.39 is 5.97 Å². The maximum absolute atomic E-state index is 10.5. The minimum Gasteiger partial charge on any atom is -0.497 e. The molecular weight excluding hydrogens is 382 g/mol. The fraction of sp³-hybridized carbons (Fsp3) is 0.348. The maximum atomic E-state index is 10.5. The number of fused-ring (bicyclic) bond motifs is 1. The molecule has 3 rings (SSSR count). The number of nitrogens with zero attached hydrogens (tertiary/aromatic N) is 2. The minimum atomic E-state index is -0.748. The first-order chi connectivity index (χ1) is 14.7. The van der Waals surface area contributed by atoms with Crippen molar-refractivity contribution in [3.63, 3.8) is 0 Å². The number of nitrogens with one attached hydrogen (secondary N) is 1. The maximum Gasteiger partial charge on any atom is 0.318 e. The van der Waals surface area contributed by atoms with E-state index in [0.29, 0.717) is 31.4 Å². The van der Waals surface area contributed by atoms with Crippen LogP contribution in [0, 0.1) is 0 Å². The van der Waals surface area contributed by atoms with Gasteiger partial charge in [-0.2, -0.15) is 9.97 Å². The second-order valence-corrected chi connectivity index (χ2v) is 6.98. The van der Waals surface area contributed by atoms with Crippen molar-refractivity contribution in [2.45, 2.75) is 38.6 Å².